The lowest BCUT2D eigenvalue weighted by atomic mass is 10.1. The summed E-state index contributed by atoms with van der Waals surface area (Å²) in [5.41, 5.74) is 5.14. The van der Waals surface area contributed by atoms with Crippen molar-refractivity contribution in [3.8, 4) is 5.75 Å². The second kappa shape index (κ2) is 5.91. The molecule has 0 saturated heterocycles. The molecule has 1 atom stereocenters. The Bertz CT molecular complexity index is 352. The van der Waals surface area contributed by atoms with E-state index in [9.17, 15) is 13.2 Å². The second-order valence-electron chi connectivity index (χ2n) is 3.79. The third-order valence-electron chi connectivity index (χ3n) is 2.34. The van der Waals surface area contributed by atoms with E-state index in [-0.39, 0.29) is 5.56 Å². The number of ether oxygens (including phenoxy) is 1. The van der Waals surface area contributed by atoms with Gasteiger partial charge in [-0.25, -0.2) is 0 Å². The quantitative estimate of drug-likeness (QED) is 0.809. The maximum atomic E-state index is 12.4. The standard InChI is InChI=1S/C12H16F3NO/c1-2-3-7-17-10-6-4-5-9(8-10)11(16)12(13,14)15/h4-6,8,11H,2-3,7,16H2,1H3/t11-/m1/s1. The van der Waals surface area contributed by atoms with Crippen LogP contribution in [0.4, 0.5) is 13.2 Å². The average Bonchev–Trinajstić information content (AvgIpc) is 2.28. The fourth-order valence-electron chi connectivity index (χ4n) is 1.32. The summed E-state index contributed by atoms with van der Waals surface area (Å²) in [5, 5.41) is 0. The summed E-state index contributed by atoms with van der Waals surface area (Å²) in [6, 6.07) is 3.88. The number of hydrogen-bond acceptors (Lipinski definition) is 2. The molecule has 2 N–H and O–H groups in total. The van der Waals surface area contributed by atoms with Crippen molar-refractivity contribution >= 4 is 0 Å². The first-order chi connectivity index (χ1) is 7.95. The second-order valence-corrected chi connectivity index (χ2v) is 3.79. The van der Waals surface area contributed by atoms with Crippen LogP contribution in [0.15, 0.2) is 24.3 Å². The zero-order valence-corrected chi connectivity index (χ0v) is 9.63. The Morgan fingerprint density at radius 1 is 1.35 bits per heavy atom. The van der Waals surface area contributed by atoms with Gasteiger partial charge in [0.1, 0.15) is 11.8 Å². The minimum atomic E-state index is -4.43. The van der Waals surface area contributed by atoms with Crippen LogP contribution in [-0.4, -0.2) is 12.8 Å². The summed E-state index contributed by atoms with van der Waals surface area (Å²) >= 11 is 0. The molecule has 17 heavy (non-hydrogen) atoms. The van der Waals surface area contributed by atoms with Crippen LogP contribution in [0.2, 0.25) is 0 Å². The molecule has 0 radical (unpaired) electrons. The Morgan fingerprint density at radius 2 is 2.06 bits per heavy atom. The van der Waals surface area contributed by atoms with Gasteiger partial charge in [-0.2, -0.15) is 13.2 Å². The van der Waals surface area contributed by atoms with Gasteiger partial charge in [0, 0.05) is 0 Å². The van der Waals surface area contributed by atoms with E-state index in [2.05, 4.69) is 0 Å². The van der Waals surface area contributed by atoms with Crippen molar-refractivity contribution in [1.29, 1.82) is 0 Å². The molecule has 0 saturated carbocycles. The van der Waals surface area contributed by atoms with Crippen LogP contribution in [0, 0.1) is 0 Å². The third-order valence-corrected chi connectivity index (χ3v) is 2.34. The first-order valence-electron chi connectivity index (χ1n) is 5.50. The minimum Gasteiger partial charge on any atom is -0.494 e. The Balaban J connectivity index is 2.72. The van der Waals surface area contributed by atoms with E-state index >= 15 is 0 Å². The molecule has 0 spiro atoms. The molecular weight excluding hydrogens is 231 g/mol. The van der Waals surface area contributed by atoms with Crippen molar-refractivity contribution in [3.63, 3.8) is 0 Å². The first-order valence-corrected chi connectivity index (χ1v) is 5.50. The fraction of sp³-hybridized carbons (Fsp3) is 0.500. The summed E-state index contributed by atoms with van der Waals surface area (Å²) in [5.74, 6) is 0.427. The van der Waals surface area contributed by atoms with Crippen LogP contribution in [0.5, 0.6) is 5.75 Å². The van der Waals surface area contributed by atoms with E-state index in [1.54, 1.807) is 6.07 Å². The van der Waals surface area contributed by atoms with Crippen LogP contribution in [0.1, 0.15) is 31.4 Å². The van der Waals surface area contributed by atoms with E-state index in [4.69, 9.17) is 10.5 Å². The Labute approximate surface area is 98.6 Å². The van der Waals surface area contributed by atoms with Gasteiger partial charge in [-0.15, -0.1) is 0 Å². The third kappa shape index (κ3) is 4.26. The van der Waals surface area contributed by atoms with Gasteiger partial charge in [0.25, 0.3) is 0 Å². The minimum absolute atomic E-state index is 0.0199. The zero-order valence-electron chi connectivity index (χ0n) is 9.63. The van der Waals surface area contributed by atoms with Crippen molar-refractivity contribution in [2.75, 3.05) is 6.61 Å². The van der Waals surface area contributed by atoms with E-state index in [1.165, 1.54) is 18.2 Å². The fourth-order valence-corrected chi connectivity index (χ4v) is 1.32. The molecule has 0 heterocycles. The van der Waals surface area contributed by atoms with Gasteiger partial charge in [-0.3, -0.25) is 0 Å². The molecule has 96 valence electrons. The monoisotopic (exact) mass is 247 g/mol. The average molecular weight is 247 g/mol. The summed E-state index contributed by atoms with van der Waals surface area (Å²) in [6.45, 7) is 2.51. The molecule has 0 bridgehead atoms. The molecule has 0 aliphatic rings. The lowest BCUT2D eigenvalue weighted by Gasteiger charge is -2.16. The van der Waals surface area contributed by atoms with Gasteiger partial charge < -0.3 is 10.5 Å². The SMILES string of the molecule is CCCCOc1cccc([C@@H](N)C(F)(F)F)c1. The number of halogens is 3. The van der Waals surface area contributed by atoms with Crippen molar-refractivity contribution in [2.24, 2.45) is 5.73 Å². The van der Waals surface area contributed by atoms with Gasteiger partial charge in [0.2, 0.25) is 0 Å². The first kappa shape index (κ1) is 13.8. The van der Waals surface area contributed by atoms with E-state index < -0.39 is 12.2 Å². The molecule has 2 nitrogen and oxygen atoms in total. The molecule has 0 aliphatic heterocycles. The number of nitrogens with two attached hydrogens (primary N) is 1. The normalized spacial score (nSPS) is 13.5. The number of benzene rings is 1. The van der Waals surface area contributed by atoms with E-state index in [0.717, 1.165) is 12.8 Å². The highest BCUT2D eigenvalue weighted by atomic mass is 19.4. The lowest BCUT2D eigenvalue weighted by molar-refractivity contribution is -0.149. The molecule has 1 aromatic carbocycles. The van der Waals surface area contributed by atoms with Gasteiger partial charge in [0.05, 0.1) is 6.61 Å². The Kier molecular flexibility index (Phi) is 4.81. The van der Waals surface area contributed by atoms with Crippen molar-refractivity contribution in [1.82, 2.24) is 0 Å². The molecular formula is C12H16F3NO. The molecule has 0 amide bonds. The largest absolute Gasteiger partial charge is 0.494 e. The van der Waals surface area contributed by atoms with Gasteiger partial charge in [-0.1, -0.05) is 25.5 Å². The molecule has 1 aromatic rings. The van der Waals surface area contributed by atoms with Crippen LogP contribution >= 0.6 is 0 Å². The Hall–Kier alpha value is -1.23. The highest BCUT2D eigenvalue weighted by molar-refractivity contribution is 5.31. The molecule has 0 fully saturated rings. The summed E-state index contributed by atoms with van der Waals surface area (Å²) < 4.78 is 42.5. The highest BCUT2D eigenvalue weighted by Gasteiger charge is 2.37. The maximum absolute atomic E-state index is 12.4. The van der Waals surface area contributed by atoms with Gasteiger partial charge in [-0.05, 0) is 24.1 Å². The van der Waals surface area contributed by atoms with Gasteiger partial charge in [0.15, 0.2) is 0 Å². The number of hydrogen-bond donors (Lipinski definition) is 1. The maximum Gasteiger partial charge on any atom is 0.407 e. The summed E-state index contributed by atoms with van der Waals surface area (Å²) in [4.78, 5) is 0. The lowest BCUT2D eigenvalue weighted by Crippen LogP contribution is -2.28. The zero-order chi connectivity index (χ0) is 12.9. The van der Waals surface area contributed by atoms with Crippen LogP contribution < -0.4 is 10.5 Å². The number of rotatable bonds is 5. The van der Waals surface area contributed by atoms with Crippen molar-refractivity contribution in [2.45, 2.75) is 32.0 Å². The summed E-state index contributed by atoms with van der Waals surface area (Å²) in [6.07, 6.45) is -2.58. The highest BCUT2D eigenvalue weighted by Crippen LogP contribution is 2.31. The number of alkyl halides is 3. The molecule has 0 aromatic heterocycles. The van der Waals surface area contributed by atoms with Crippen molar-refractivity contribution < 1.29 is 17.9 Å². The molecule has 1 rings (SSSR count). The van der Waals surface area contributed by atoms with E-state index in [1.807, 2.05) is 6.92 Å². The predicted octanol–water partition coefficient (Wildman–Crippen LogP) is 3.43. The predicted molar refractivity (Wildman–Crippen MR) is 59.8 cm³/mol. The Morgan fingerprint density at radius 3 is 2.65 bits per heavy atom. The van der Waals surface area contributed by atoms with Crippen LogP contribution in [0.3, 0.4) is 0 Å². The van der Waals surface area contributed by atoms with E-state index in [0.29, 0.717) is 12.4 Å². The molecule has 0 unspecified atom stereocenters. The van der Waals surface area contributed by atoms with Crippen molar-refractivity contribution in [3.05, 3.63) is 29.8 Å². The summed E-state index contributed by atoms with van der Waals surface area (Å²) in [7, 11) is 0. The molecule has 0 aliphatic carbocycles. The smallest absolute Gasteiger partial charge is 0.407 e. The topological polar surface area (TPSA) is 35.2 Å². The van der Waals surface area contributed by atoms with Crippen LogP contribution in [0.25, 0.3) is 0 Å². The van der Waals surface area contributed by atoms with Gasteiger partial charge >= 0.3 is 6.18 Å². The number of unbranched alkanes of at least 4 members (excludes halogenated alkanes) is 1. The van der Waals surface area contributed by atoms with Crippen LogP contribution in [-0.2, 0) is 0 Å². The molecule has 5 heteroatoms.